The molecule has 0 radical (unpaired) electrons. The molecule has 6 heteroatoms. The Hall–Kier alpha value is -4.19. The topological polar surface area (TPSA) is 78.9 Å². The first-order chi connectivity index (χ1) is 35.5. The van der Waals surface area contributed by atoms with Gasteiger partial charge in [0.15, 0.2) is 6.10 Å². The standard InChI is InChI=1S/C66H108O6/c1-4-7-10-13-16-19-22-25-28-30-32-33-35-36-38-41-44-47-50-53-56-59-65(68)71-62-63(61-70-64(67)58-55-52-49-46-43-40-27-24-21-18-15-12-9-6-3)72-66(69)60-57-54-51-48-45-42-39-37-34-31-29-26-23-20-17-14-11-8-5-2/h7,10,15-20,24-29,32-33,36,38,44,47,63H,4-6,8-9,11-14,21-23,30-31,34-35,37,39-43,45-46,48-62H2,1-3H3/b10-7-,18-15-,19-16-,20-17-,27-24-,28-25-,29-26-,33-32-,38-36-,47-44-. The van der Waals surface area contributed by atoms with Crippen molar-refractivity contribution < 1.29 is 28.6 Å². The lowest BCUT2D eigenvalue weighted by Crippen LogP contribution is -2.30. The molecular weight excluding hydrogens is 889 g/mol. The lowest BCUT2D eigenvalue weighted by Gasteiger charge is -2.18. The molecule has 0 fully saturated rings. The normalized spacial score (nSPS) is 13.0. The number of rotatable bonds is 52. The van der Waals surface area contributed by atoms with E-state index in [1.807, 2.05) is 0 Å². The van der Waals surface area contributed by atoms with Crippen LogP contribution in [0, 0.1) is 0 Å². The van der Waals surface area contributed by atoms with Crippen molar-refractivity contribution in [1.82, 2.24) is 0 Å². The minimum atomic E-state index is -0.808. The van der Waals surface area contributed by atoms with E-state index < -0.39 is 6.10 Å². The van der Waals surface area contributed by atoms with Gasteiger partial charge in [-0.25, -0.2) is 0 Å². The monoisotopic (exact) mass is 997 g/mol. The maximum Gasteiger partial charge on any atom is 0.306 e. The van der Waals surface area contributed by atoms with Crippen molar-refractivity contribution >= 4 is 17.9 Å². The fourth-order valence-electron chi connectivity index (χ4n) is 7.73. The molecule has 72 heavy (non-hydrogen) atoms. The van der Waals surface area contributed by atoms with Gasteiger partial charge in [-0.3, -0.25) is 14.4 Å². The van der Waals surface area contributed by atoms with E-state index in [1.54, 1.807) is 0 Å². The van der Waals surface area contributed by atoms with E-state index in [-0.39, 0.29) is 31.1 Å². The minimum absolute atomic E-state index is 0.104. The molecule has 0 aromatic heterocycles. The van der Waals surface area contributed by atoms with Crippen molar-refractivity contribution in [1.29, 1.82) is 0 Å². The predicted molar refractivity (Wildman–Crippen MR) is 311 cm³/mol. The molecule has 0 rings (SSSR count). The molecule has 0 aromatic rings. The predicted octanol–water partition coefficient (Wildman–Crippen LogP) is 20.0. The van der Waals surface area contributed by atoms with Crippen LogP contribution in [0.2, 0.25) is 0 Å². The van der Waals surface area contributed by atoms with E-state index in [2.05, 4.69) is 142 Å². The van der Waals surface area contributed by atoms with Crippen molar-refractivity contribution in [2.45, 2.75) is 264 Å². The van der Waals surface area contributed by atoms with Gasteiger partial charge < -0.3 is 14.2 Å². The van der Waals surface area contributed by atoms with E-state index in [1.165, 1.54) is 89.9 Å². The molecule has 0 spiro atoms. The molecule has 0 aliphatic rings. The fourth-order valence-corrected chi connectivity index (χ4v) is 7.73. The van der Waals surface area contributed by atoms with Gasteiger partial charge in [-0.2, -0.15) is 0 Å². The summed E-state index contributed by atoms with van der Waals surface area (Å²) >= 11 is 0. The van der Waals surface area contributed by atoms with Crippen LogP contribution in [0.25, 0.3) is 0 Å². The Balaban J connectivity index is 4.49. The van der Waals surface area contributed by atoms with Crippen LogP contribution < -0.4 is 0 Å². The first-order valence-electron chi connectivity index (χ1n) is 29.5. The van der Waals surface area contributed by atoms with Crippen molar-refractivity contribution in [3.63, 3.8) is 0 Å². The van der Waals surface area contributed by atoms with E-state index in [0.29, 0.717) is 25.7 Å². The van der Waals surface area contributed by atoms with E-state index in [0.717, 1.165) is 122 Å². The Morgan fingerprint density at radius 1 is 0.292 bits per heavy atom. The highest BCUT2D eigenvalue weighted by Crippen LogP contribution is 2.14. The van der Waals surface area contributed by atoms with Crippen LogP contribution in [-0.2, 0) is 28.6 Å². The Kier molecular flexibility index (Phi) is 55.9. The van der Waals surface area contributed by atoms with Crippen LogP contribution in [0.15, 0.2) is 122 Å². The van der Waals surface area contributed by atoms with Crippen LogP contribution >= 0.6 is 0 Å². The summed E-state index contributed by atoms with van der Waals surface area (Å²) in [5.74, 6) is -0.966. The second-order valence-electron chi connectivity index (χ2n) is 19.2. The van der Waals surface area contributed by atoms with Gasteiger partial charge >= 0.3 is 17.9 Å². The highest BCUT2D eigenvalue weighted by atomic mass is 16.6. The number of carbonyl (C=O) groups is 3. The average Bonchev–Trinajstić information content (AvgIpc) is 3.38. The van der Waals surface area contributed by atoms with Crippen LogP contribution in [0.5, 0.6) is 0 Å². The van der Waals surface area contributed by atoms with Gasteiger partial charge in [0.2, 0.25) is 0 Å². The van der Waals surface area contributed by atoms with Gasteiger partial charge in [0.05, 0.1) is 0 Å². The maximum absolute atomic E-state index is 12.9. The first kappa shape index (κ1) is 67.8. The number of esters is 3. The summed E-state index contributed by atoms with van der Waals surface area (Å²) in [7, 11) is 0. The second-order valence-corrected chi connectivity index (χ2v) is 19.2. The van der Waals surface area contributed by atoms with Crippen LogP contribution in [0.3, 0.4) is 0 Å². The van der Waals surface area contributed by atoms with Gasteiger partial charge in [-0.05, 0) is 128 Å². The minimum Gasteiger partial charge on any atom is -0.462 e. The molecule has 0 aliphatic heterocycles. The Bertz CT molecular complexity index is 1520. The molecule has 408 valence electrons. The third kappa shape index (κ3) is 56.7. The van der Waals surface area contributed by atoms with Gasteiger partial charge in [-0.15, -0.1) is 0 Å². The Morgan fingerprint density at radius 2 is 0.556 bits per heavy atom. The highest BCUT2D eigenvalue weighted by molar-refractivity contribution is 5.71. The summed E-state index contributed by atoms with van der Waals surface area (Å²) in [6.07, 6.45) is 81.9. The summed E-state index contributed by atoms with van der Waals surface area (Å²) in [4.78, 5) is 38.2. The van der Waals surface area contributed by atoms with Crippen LogP contribution in [0.1, 0.15) is 258 Å². The number of hydrogen-bond acceptors (Lipinski definition) is 6. The van der Waals surface area contributed by atoms with E-state index in [4.69, 9.17) is 14.2 Å². The maximum atomic E-state index is 12.9. The van der Waals surface area contributed by atoms with Crippen LogP contribution in [0.4, 0.5) is 0 Å². The largest absolute Gasteiger partial charge is 0.462 e. The number of unbranched alkanes of at least 4 members (excludes halogenated alkanes) is 21. The second kappa shape index (κ2) is 59.4. The molecule has 1 unspecified atom stereocenters. The highest BCUT2D eigenvalue weighted by Gasteiger charge is 2.19. The van der Waals surface area contributed by atoms with E-state index in [9.17, 15) is 14.4 Å². The van der Waals surface area contributed by atoms with Gasteiger partial charge in [-0.1, -0.05) is 232 Å². The van der Waals surface area contributed by atoms with Gasteiger partial charge in [0.1, 0.15) is 13.2 Å². The fraction of sp³-hybridized carbons (Fsp3) is 0.652. The zero-order valence-electron chi connectivity index (χ0n) is 46.7. The zero-order chi connectivity index (χ0) is 52.2. The zero-order valence-corrected chi connectivity index (χ0v) is 46.7. The lowest BCUT2D eigenvalue weighted by molar-refractivity contribution is -0.167. The first-order valence-corrected chi connectivity index (χ1v) is 29.5. The third-order valence-corrected chi connectivity index (χ3v) is 12.2. The molecule has 0 aliphatic carbocycles. The molecule has 0 saturated carbocycles. The van der Waals surface area contributed by atoms with Crippen molar-refractivity contribution in [2.75, 3.05) is 13.2 Å². The average molecular weight is 998 g/mol. The Labute approximate surface area is 443 Å². The SMILES string of the molecule is CC/C=C\C/C=C\C/C=C\C/C=C\C/C=C\C/C=C\CCCCC(=O)OCC(COC(=O)CCCCCCC/C=C\C/C=C\CCCC)OC(=O)CCCCCCCCCCC/C=C\C/C=C\CCCCC. The van der Waals surface area contributed by atoms with Gasteiger partial charge in [0.25, 0.3) is 0 Å². The Morgan fingerprint density at radius 3 is 0.917 bits per heavy atom. The molecule has 1 atom stereocenters. The number of hydrogen-bond donors (Lipinski definition) is 0. The molecule has 0 bridgehead atoms. The summed E-state index contributed by atoms with van der Waals surface area (Å²) in [6, 6.07) is 0. The molecule has 0 N–H and O–H groups in total. The number of ether oxygens (including phenoxy) is 3. The van der Waals surface area contributed by atoms with Crippen molar-refractivity contribution in [3.05, 3.63) is 122 Å². The third-order valence-electron chi connectivity index (χ3n) is 12.2. The number of carbonyl (C=O) groups excluding carboxylic acids is 3. The molecule has 0 aromatic carbocycles. The van der Waals surface area contributed by atoms with Crippen molar-refractivity contribution in [2.24, 2.45) is 0 Å². The lowest BCUT2D eigenvalue weighted by atomic mass is 10.1. The molecule has 0 saturated heterocycles. The molecule has 0 amide bonds. The molecule has 6 nitrogen and oxygen atoms in total. The summed E-state index contributed by atoms with van der Waals surface area (Å²) in [5, 5.41) is 0. The molecule has 0 heterocycles. The smallest absolute Gasteiger partial charge is 0.306 e. The summed E-state index contributed by atoms with van der Waals surface area (Å²) in [6.45, 7) is 6.41. The number of allylic oxidation sites excluding steroid dienone is 20. The quantitative estimate of drug-likeness (QED) is 0.0261. The van der Waals surface area contributed by atoms with Crippen molar-refractivity contribution in [3.8, 4) is 0 Å². The summed E-state index contributed by atoms with van der Waals surface area (Å²) < 4.78 is 16.8. The van der Waals surface area contributed by atoms with Crippen LogP contribution in [-0.4, -0.2) is 37.2 Å². The summed E-state index contributed by atoms with van der Waals surface area (Å²) in [5.41, 5.74) is 0. The van der Waals surface area contributed by atoms with Gasteiger partial charge in [0, 0.05) is 19.3 Å². The van der Waals surface area contributed by atoms with E-state index >= 15 is 0 Å². The molecular formula is C66H108O6.